The van der Waals surface area contributed by atoms with Crippen molar-refractivity contribution in [2.24, 2.45) is 5.92 Å². The van der Waals surface area contributed by atoms with Gasteiger partial charge in [-0.15, -0.1) is 0 Å². The lowest BCUT2D eigenvalue weighted by Gasteiger charge is -2.29. The second-order valence-electron chi connectivity index (χ2n) is 6.62. The highest BCUT2D eigenvalue weighted by Gasteiger charge is 2.27. The Morgan fingerprint density at radius 2 is 2.00 bits per heavy atom. The molecule has 23 heavy (non-hydrogen) atoms. The zero-order valence-corrected chi connectivity index (χ0v) is 15.3. The molecule has 2 atom stereocenters. The van der Waals surface area contributed by atoms with E-state index in [1.54, 1.807) is 18.2 Å². The maximum absolute atomic E-state index is 12.6. The van der Waals surface area contributed by atoms with E-state index in [0.29, 0.717) is 17.4 Å². The summed E-state index contributed by atoms with van der Waals surface area (Å²) in [5.41, 5.74) is 0.862. The van der Waals surface area contributed by atoms with Crippen LogP contribution in [0.1, 0.15) is 57.9 Å². The van der Waals surface area contributed by atoms with Crippen LogP contribution in [0.4, 0.5) is 0 Å². The van der Waals surface area contributed by atoms with Crippen LogP contribution in [0.5, 0.6) is 5.75 Å². The van der Waals surface area contributed by atoms with Gasteiger partial charge in [-0.1, -0.05) is 33.1 Å². The molecule has 0 aromatic heterocycles. The molecule has 4 nitrogen and oxygen atoms in total. The number of aryl methyl sites for hydroxylation is 1. The highest BCUT2D eigenvalue weighted by Crippen LogP contribution is 2.27. The van der Waals surface area contributed by atoms with E-state index in [1.165, 1.54) is 6.42 Å². The summed E-state index contributed by atoms with van der Waals surface area (Å²) in [7, 11) is -3.46. The summed E-state index contributed by atoms with van der Waals surface area (Å²) in [6, 6.07) is 5.17. The maximum Gasteiger partial charge on any atom is 0.240 e. The molecule has 1 saturated carbocycles. The van der Waals surface area contributed by atoms with Gasteiger partial charge in [0.2, 0.25) is 10.0 Å². The lowest BCUT2D eigenvalue weighted by molar-refractivity contribution is 0.307. The predicted molar refractivity (Wildman–Crippen MR) is 93.3 cm³/mol. The Morgan fingerprint density at radius 3 is 2.65 bits per heavy atom. The molecule has 130 valence electrons. The minimum atomic E-state index is -3.46. The van der Waals surface area contributed by atoms with Crippen LogP contribution in [0.25, 0.3) is 0 Å². The number of ether oxygens (including phenoxy) is 1. The summed E-state index contributed by atoms with van der Waals surface area (Å²) < 4.78 is 33.8. The summed E-state index contributed by atoms with van der Waals surface area (Å²) in [6.07, 6.45) is 6.40. The average Bonchev–Trinajstić information content (AvgIpc) is 2.51. The van der Waals surface area contributed by atoms with E-state index in [9.17, 15) is 8.42 Å². The number of hydrogen-bond donors (Lipinski definition) is 1. The Morgan fingerprint density at radius 1 is 1.26 bits per heavy atom. The van der Waals surface area contributed by atoms with Crippen molar-refractivity contribution >= 4 is 10.0 Å². The fraction of sp³-hybridized carbons (Fsp3) is 0.667. The third-order valence-electron chi connectivity index (χ3n) is 4.63. The predicted octanol–water partition coefficient (Wildman–Crippen LogP) is 4.03. The third-order valence-corrected chi connectivity index (χ3v) is 6.12. The molecule has 1 aliphatic carbocycles. The van der Waals surface area contributed by atoms with Crippen LogP contribution in [0.3, 0.4) is 0 Å². The molecule has 2 rings (SSSR count). The first-order valence-corrected chi connectivity index (χ1v) is 10.2. The van der Waals surface area contributed by atoms with E-state index in [0.717, 1.165) is 43.4 Å². The molecule has 0 amide bonds. The van der Waals surface area contributed by atoms with Gasteiger partial charge in [-0.25, -0.2) is 13.1 Å². The Hall–Kier alpha value is -1.07. The fourth-order valence-electron chi connectivity index (χ4n) is 3.04. The van der Waals surface area contributed by atoms with Crippen LogP contribution in [0, 0.1) is 12.8 Å². The van der Waals surface area contributed by atoms with Gasteiger partial charge in [-0.2, -0.15) is 0 Å². The van der Waals surface area contributed by atoms with Gasteiger partial charge < -0.3 is 4.74 Å². The van der Waals surface area contributed by atoms with Crippen molar-refractivity contribution in [3.05, 3.63) is 23.8 Å². The summed E-state index contributed by atoms with van der Waals surface area (Å²) >= 11 is 0. The highest BCUT2D eigenvalue weighted by atomic mass is 32.2. The molecule has 0 bridgehead atoms. The zero-order valence-electron chi connectivity index (χ0n) is 14.5. The number of rotatable bonds is 7. The lowest BCUT2D eigenvalue weighted by atomic mass is 9.87. The number of sulfonamides is 1. The van der Waals surface area contributed by atoms with Crippen LogP contribution in [0.15, 0.2) is 23.1 Å². The van der Waals surface area contributed by atoms with E-state index in [1.807, 2.05) is 6.92 Å². The average molecular weight is 340 g/mol. The highest BCUT2D eigenvalue weighted by molar-refractivity contribution is 7.89. The first-order chi connectivity index (χ1) is 10.9. The minimum Gasteiger partial charge on any atom is -0.493 e. The topological polar surface area (TPSA) is 55.4 Å². The van der Waals surface area contributed by atoms with Gasteiger partial charge in [0.25, 0.3) is 0 Å². The van der Waals surface area contributed by atoms with Gasteiger partial charge in [0.1, 0.15) is 5.75 Å². The Bertz CT molecular complexity index is 613. The minimum absolute atomic E-state index is 0.0505. The summed E-state index contributed by atoms with van der Waals surface area (Å²) in [6.45, 7) is 6.80. The van der Waals surface area contributed by atoms with Gasteiger partial charge >= 0.3 is 0 Å². The smallest absolute Gasteiger partial charge is 0.240 e. The number of hydrogen-bond acceptors (Lipinski definition) is 3. The molecule has 0 saturated heterocycles. The standard InChI is InChI=1S/C18H29NO3S/c1-4-5-12-22-18-11-10-16(13-15(18)3)23(20,21)19-17-9-7-6-8-14(17)2/h10-11,13-14,17,19H,4-9,12H2,1-3H3/t14-,17-/m0/s1. The molecule has 5 heteroatoms. The Kier molecular flexibility index (Phi) is 6.48. The van der Waals surface area contributed by atoms with Gasteiger partial charge in [0.05, 0.1) is 11.5 Å². The lowest BCUT2D eigenvalue weighted by Crippen LogP contribution is -2.40. The van der Waals surface area contributed by atoms with E-state index in [4.69, 9.17) is 4.74 Å². The largest absolute Gasteiger partial charge is 0.493 e. The van der Waals surface area contributed by atoms with E-state index >= 15 is 0 Å². The molecule has 0 radical (unpaired) electrons. The van der Waals surface area contributed by atoms with Crippen molar-refractivity contribution in [2.75, 3.05) is 6.61 Å². The van der Waals surface area contributed by atoms with Crippen LogP contribution >= 0.6 is 0 Å². The first kappa shape index (κ1) is 18.3. The molecular formula is C18H29NO3S. The molecule has 0 unspecified atom stereocenters. The molecule has 1 aromatic rings. The maximum atomic E-state index is 12.6. The van der Waals surface area contributed by atoms with Gasteiger partial charge in [-0.05, 0) is 55.9 Å². The van der Waals surface area contributed by atoms with Crippen molar-refractivity contribution in [1.29, 1.82) is 0 Å². The monoisotopic (exact) mass is 339 g/mol. The normalized spacial score (nSPS) is 22.0. The van der Waals surface area contributed by atoms with Gasteiger partial charge in [-0.3, -0.25) is 0 Å². The second kappa shape index (κ2) is 8.15. The van der Waals surface area contributed by atoms with Gasteiger partial charge in [0.15, 0.2) is 0 Å². The molecule has 0 aliphatic heterocycles. The van der Waals surface area contributed by atoms with Crippen LogP contribution in [-0.4, -0.2) is 21.1 Å². The van der Waals surface area contributed by atoms with E-state index < -0.39 is 10.0 Å². The molecule has 1 N–H and O–H groups in total. The van der Waals surface area contributed by atoms with Crippen LogP contribution in [0.2, 0.25) is 0 Å². The second-order valence-corrected chi connectivity index (χ2v) is 8.33. The summed E-state index contributed by atoms with van der Waals surface area (Å²) in [5, 5.41) is 0. The summed E-state index contributed by atoms with van der Waals surface area (Å²) in [4.78, 5) is 0.329. The van der Waals surface area contributed by atoms with E-state index in [2.05, 4.69) is 18.6 Å². The van der Waals surface area contributed by atoms with Crippen LogP contribution in [-0.2, 0) is 10.0 Å². The van der Waals surface area contributed by atoms with Gasteiger partial charge in [0, 0.05) is 6.04 Å². The fourth-order valence-corrected chi connectivity index (χ4v) is 4.50. The van der Waals surface area contributed by atoms with Crippen molar-refractivity contribution < 1.29 is 13.2 Å². The zero-order chi connectivity index (χ0) is 16.9. The number of nitrogens with one attached hydrogen (secondary N) is 1. The van der Waals surface area contributed by atoms with E-state index in [-0.39, 0.29) is 6.04 Å². The third kappa shape index (κ3) is 4.95. The molecule has 0 spiro atoms. The Labute approximate surface area is 140 Å². The molecule has 1 aromatic carbocycles. The molecule has 0 heterocycles. The summed E-state index contributed by atoms with van der Waals surface area (Å²) in [5.74, 6) is 1.17. The van der Waals surface area contributed by atoms with Crippen molar-refractivity contribution in [3.63, 3.8) is 0 Å². The van der Waals surface area contributed by atoms with Crippen LogP contribution < -0.4 is 9.46 Å². The number of benzene rings is 1. The van der Waals surface area contributed by atoms with Crippen molar-refractivity contribution in [1.82, 2.24) is 4.72 Å². The molecule has 1 aliphatic rings. The van der Waals surface area contributed by atoms with Crippen molar-refractivity contribution in [3.8, 4) is 5.75 Å². The molecular weight excluding hydrogens is 310 g/mol. The Balaban J connectivity index is 2.08. The SMILES string of the molecule is CCCCOc1ccc(S(=O)(=O)N[C@H]2CCCC[C@@H]2C)cc1C. The first-order valence-electron chi connectivity index (χ1n) is 8.70. The quantitative estimate of drug-likeness (QED) is 0.763. The van der Waals surface area contributed by atoms with Crippen molar-refractivity contribution in [2.45, 2.75) is 70.2 Å². The molecule has 1 fully saturated rings. The number of unbranched alkanes of at least 4 members (excludes halogenated alkanes) is 1.